The van der Waals surface area contributed by atoms with Crippen LogP contribution in [0.1, 0.15) is 18.1 Å². The number of hydrogen-bond acceptors (Lipinski definition) is 3. The standard InChI is InChI=1S/C18H19F2N3O3/c1-11-7-8-14(9-15(11)22-12(2)24)23-18(25)21-10-13-5-3-4-6-16(13)26-17(19)20/h3-9,17H,10H2,1-2H3,(H,22,24)(H2,21,23,25). The van der Waals surface area contributed by atoms with Gasteiger partial charge in [-0.05, 0) is 30.7 Å². The Morgan fingerprint density at radius 1 is 1.12 bits per heavy atom. The lowest BCUT2D eigenvalue weighted by atomic mass is 10.2. The van der Waals surface area contributed by atoms with Gasteiger partial charge in [0.2, 0.25) is 5.91 Å². The predicted octanol–water partition coefficient (Wildman–Crippen LogP) is 3.88. The molecule has 0 bridgehead atoms. The first-order valence-electron chi connectivity index (χ1n) is 7.81. The van der Waals surface area contributed by atoms with Gasteiger partial charge in [-0.15, -0.1) is 0 Å². The largest absolute Gasteiger partial charge is 0.434 e. The number of carbonyl (C=O) groups excluding carboxylic acids is 2. The fraction of sp³-hybridized carbons (Fsp3) is 0.222. The number of amides is 3. The van der Waals surface area contributed by atoms with Crippen LogP contribution in [0.2, 0.25) is 0 Å². The van der Waals surface area contributed by atoms with Gasteiger partial charge in [-0.1, -0.05) is 24.3 Å². The quantitative estimate of drug-likeness (QED) is 0.729. The molecule has 0 aliphatic rings. The lowest BCUT2D eigenvalue weighted by Gasteiger charge is -2.13. The monoisotopic (exact) mass is 363 g/mol. The molecule has 6 nitrogen and oxygen atoms in total. The number of benzene rings is 2. The van der Waals surface area contributed by atoms with Crippen molar-refractivity contribution in [3.05, 3.63) is 53.6 Å². The van der Waals surface area contributed by atoms with Gasteiger partial charge in [0, 0.05) is 30.4 Å². The maximum absolute atomic E-state index is 12.4. The average molecular weight is 363 g/mol. The smallest absolute Gasteiger partial charge is 0.387 e. The van der Waals surface area contributed by atoms with Gasteiger partial charge in [0.05, 0.1) is 0 Å². The van der Waals surface area contributed by atoms with Crippen molar-refractivity contribution in [1.29, 1.82) is 0 Å². The molecule has 0 spiro atoms. The summed E-state index contributed by atoms with van der Waals surface area (Å²) in [7, 11) is 0. The van der Waals surface area contributed by atoms with Crippen molar-refractivity contribution in [2.45, 2.75) is 27.0 Å². The molecule has 3 N–H and O–H groups in total. The van der Waals surface area contributed by atoms with E-state index in [1.54, 1.807) is 36.4 Å². The van der Waals surface area contributed by atoms with Crippen LogP contribution in [0.3, 0.4) is 0 Å². The molecule has 0 aromatic heterocycles. The summed E-state index contributed by atoms with van der Waals surface area (Å²) in [6.07, 6.45) is 0. The number of carbonyl (C=O) groups is 2. The minimum atomic E-state index is -2.94. The van der Waals surface area contributed by atoms with E-state index in [2.05, 4.69) is 20.7 Å². The van der Waals surface area contributed by atoms with E-state index in [1.165, 1.54) is 13.0 Å². The summed E-state index contributed by atoms with van der Waals surface area (Å²) >= 11 is 0. The molecule has 2 rings (SSSR count). The Morgan fingerprint density at radius 2 is 1.85 bits per heavy atom. The Morgan fingerprint density at radius 3 is 2.54 bits per heavy atom. The zero-order chi connectivity index (χ0) is 19.1. The third-order valence-corrected chi connectivity index (χ3v) is 3.43. The van der Waals surface area contributed by atoms with Crippen LogP contribution in [0.15, 0.2) is 42.5 Å². The van der Waals surface area contributed by atoms with Crippen LogP contribution in [0.25, 0.3) is 0 Å². The molecular formula is C18H19F2N3O3. The fourth-order valence-electron chi connectivity index (χ4n) is 2.24. The fourth-order valence-corrected chi connectivity index (χ4v) is 2.24. The number of ether oxygens (including phenoxy) is 1. The van der Waals surface area contributed by atoms with Crippen LogP contribution in [-0.2, 0) is 11.3 Å². The van der Waals surface area contributed by atoms with Gasteiger partial charge in [0.1, 0.15) is 5.75 Å². The van der Waals surface area contributed by atoms with E-state index in [-0.39, 0.29) is 18.2 Å². The van der Waals surface area contributed by atoms with E-state index in [0.29, 0.717) is 16.9 Å². The lowest BCUT2D eigenvalue weighted by Crippen LogP contribution is -2.28. The van der Waals surface area contributed by atoms with E-state index < -0.39 is 12.6 Å². The predicted molar refractivity (Wildman–Crippen MR) is 94.4 cm³/mol. The summed E-state index contributed by atoms with van der Waals surface area (Å²) < 4.78 is 29.2. The molecule has 0 unspecified atom stereocenters. The highest BCUT2D eigenvalue weighted by Crippen LogP contribution is 2.21. The second-order valence-electron chi connectivity index (χ2n) is 5.50. The average Bonchev–Trinajstić information content (AvgIpc) is 2.56. The SMILES string of the molecule is CC(=O)Nc1cc(NC(=O)NCc2ccccc2OC(F)F)ccc1C. The van der Waals surface area contributed by atoms with Crippen LogP contribution < -0.4 is 20.7 Å². The van der Waals surface area contributed by atoms with Crippen molar-refractivity contribution in [2.75, 3.05) is 10.6 Å². The molecule has 26 heavy (non-hydrogen) atoms. The normalized spacial score (nSPS) is 10.3. The zero-order valence-electron chi connectivity index (χ0n) is 14.3. The van der Waals surface area contributed by atoms with E-state index in [4.69, 9.17) is 0 Å². The zero-order valence-corrected chi connectivity index (χ0v) is 14.3. The molecule has 8 heteroatoms. The number of alkyl halides is 2. The molecule has 0 saturated heterocycles. The molecule has 3 amide bonds. The number of urea groups is 1. The molecule has 0 heterocycles. The third-order valence-electron chi connectivity index (χ3n) is 3.43. The number of aryl methyl sites for hydroxylation is 1. The summed E-state index contributed by atoms with van der Waals surface area (Å²) in [6.45, 7) is 0.295. The van der Waals surface area contributed by atoms with Gasteiger partial charge >= 0.3 is 12.6 Å². The summed E-state index contributed by atoms with van der Waals surface area (Å²) in [5, 5.41) is 7.87. The minimum Gasteiger partial charge on any atom is -0.434 e. The third kappa shape index (κ3) is 5.73. The Balaban J connectivity index is 1.99. The van der Waals surface area contributed by atoms with Crippen molar-refractivity contribution in [3.63, 3.8) is 0 Å². The molecule has 0 atom stereocenters. The Hall–Kier alpha value is -3.16. The number of para-hydroxylation sites is 1. The Labute approximate surface area is 149 Å². The first-order valence-corrected chi connectivity index (χ1v) is 7.81. The molecule has 2 aromatic rings. The Kier molecular flexibility index (Phi) is 6.48. The number of anilines is 2. The van der Waals surface area contributed by atoms with Gasteiger partial charge in [-0.25, -0.2) is 4.79 Å². The van der Waals surface area contributed by atoms with Crippen LogP contribution in [-0.4, -0.2) is 18.5 Å². The van der Waals surface area contributed by atoms with Gasteiger partial charge in [0.25, 0.3) is 0 Å². The van der Waals surface area contributed by atoms with Gasteiger partial charge in [-0.2, -0.15) is 8.78 Å². The van der Waals surface area contributed by atoms with Crippen LogP contribution in [0.4, 0.5) is 25.0 Å². The molecule has 0 aliphatic heterocycles. The van der Waals surface area contributed by atoms with Crippen LogP contribution >= 0.6 is 0 Å². The number of halogens is 2. The topological polar surface area (TPSA) is 79.5 Å². The van der Waals surface area contributed by atoms with E-state index in [1.807, 2.05) is 6.92 Å². The van der Waals surface area contributed by atoms with Crippen molar-refractivity contribution in [2.24, 2.45) is 0 Å². The Bertz CT molecular complexity index is 797. The molecular weight excluding hydrogens is 344 g/mol. The first kappa shape index (κ1) is 19.2. The van der Waals surface area contributed by atoms with Gasteiger partial charge < -0.3 is 20.7 Å². The second kappa shape index (κ2) is 8.80. The maximum atomic E-state index is 12.4. The maximum Gasteiger partial charge on any atom is 0.387 e. The first-order chi connectivity index (χ1) is 12.3. The van der Waals surface area contributed by atoms with Crippen LogP contribution in [0, 0.1) is 6.92 Å². The number of hydrogen-bond donors (Lipinski definition) is 3. The van der Waals surface area contributed by atoms with E-state index in [0.717, 1.165) is 5.56 Å². The number of rotatable bonds is 6. The summed E-state index contributed by atoms with van der Waals surface area (Å²) in [4.78, 5) is 23.2. The molecule has 0 saturated carbocycles. The summed E-state index contributed by atoms with van der Waals surface area (Å²) in [5.74, 6) is -0.212. The highest BCUT2D eigenvalue weighted by atomic mass is 19.3. The molecule has 0 aliphatic carbocycles. The molecule has 0 fully saturated rings. The van der Waals surface area contributed by atoms with Gasteiger partial charge in [-0.3, -0.25) is 4.79 Å². The van der Waals surface area contributed by atoms with Gasteiger partial charge in [0.15, 0.2) is 0 Å². The minimum absolute atomic E-state index is 0.00563. The van der Waals surface area contributed by atoms with E-state index >= 15 is 0 Å². The highest BCUT2D eigenvalue weighted by molar-refractivity contribution is 5.93. The van der Waals surface area contributed by atoms with Crippen molar-refractivity contribution < 1.29 is 23.1 Å². The second-order valence-corrected chi connectivity index (χ2v) is 5.50. The van der Waals surface area contributed by atoms with Crippen molar-refractivity contribution in [1.82, 2.24) is 5.32 Å². The molecule has 138 valence electrons. The highest BCUT2D eigenvalue weighted by Gasteiger charge is 2.10. The van der Waals surface area contributed by atoms with E-state index in [9.17, 15) is 18.4 Å². The van der Waals surface area contributed by atoms with Crippen molar-refractivity contribution >= 4 is 23.3 Å². The van der Waals surface area contributed by atoms with Crippen molar-refractivity contribution in [3.8, 4) is 5.75 Å². The number of nitrogens with one attached hydrogen (secondary N) is 3. The summed E-state index contributed by atoms with van der Waals surface area (Å²) in [5.41, 5.74) is 2.34. The molecule has 0 radical (unpaired) electrons. The van der Waals surface area contributed by atoms with Crippen LogP contribution in [0.5, 0.6) is 5.75 Å². The summed E-state index contributed by atoms with van der Waals surface area (Å²) in [6, 6.07) is 10.8. The lowest BCUT2D eigenvalue weighted by molar-refractivity contribution is -0.114. The molecule has 2 aromatic carbocycles.